The quantitative estimate of drug-likeness (QED) is 0.891. The molecule has 0 fully saturated rings. The molecule has 1 unspecified atom stereocenters. The maximum absolute atomic E-state index is 6.22. The summed E-state index contributed by atoms with van der Waals surface area (Å²) in [5.74, 6) is 0. The third kappa shape index (κ3) is 3.26. The topological polar surface area (TPSA) is 29.3 Å². The minimum Gasteiger partial charge on any atom is -0.368 e. The number of rotatable bonds is 4. The Hall–Kier alpha value is -1.22. The summed E-state index contributed by atoms with van der Waals surface area (Å²) >= 11 is 12.1. The van der Waals surface area contributed by atoms with Crippen molar-refractivity contribution in [2.24, 2.45) is 5.73 Å². The SMILES string of the molecule is CC(c1ccc(Cl)cc1)N(C)c1ccc(CN)c(Cl)c1. The highest BCUT2D eigenvalue weighted by Crippen LogP contribution is 2.29. The van der Waals surface area contributed by atoms with Crippen LogP contribution in [0.5, 0.6) is 0 Å². The maximum Gasteiger partial charge on any atom is 0.0511 e. The van der Waals surface area contributed by atoms with E-state index in [2.05, 4.69) is 11.8 Å². The van der Waals surface area contributed by atoms with Gasteiger partial charge in [0.1, 0.15) is 0 Å². The van der Waals surface area contributed by atoms with E-state index >= 15 is 0 Å². The van der Waals surface area contributed by atoms with E-state index < -0.39 is 0 Å². The second-order valence-corrected chi connectivity index (χ2v) is 5.66. The van der Waals surface area contributed by atoms with Crippen LogP contribution in [-0.2, 0) is 6.54 Å². The lowest BCUT2D eigenvalue weighted by atomic mass is 10.1. The van der Waals surface area contributed by atoms with E-state index in [1.807, 2.05) is 49.5 Å². The molecule has 0 amide bonds. The average Bonchev–Trinajstić information content (AvgIpc) is 2.46. The van der Waals surface area contributed by atoms with Gasteiger partial charge in [0.2, 0.25) is 0 Å². The molecule has 0 saturated heterocycles. The van der Waals surface area contributed by atoms with Gasteiger partial charge in [-0.15, -0.1) is 0 Å². The van der Waals surface area contributed by atoms with Crippen LogP contribution in [0.25, 0.3) is 0 Å². The number of halogens is 2. The van der Waals surface area contributed by atoms with Crippen LogP contribution in [0, 0.1) is 0 Å². The predicted octanol–water partition coefficient (Wildman–Crippen LogP) is 4.65. The molecule has 2 rings (SSSR count). The molecule has 2 nitrogen and oxygen atoms in total. The van der Waals surface area contributed by atoms with Gasteiger partial charge in [-0.3, -0.25) is 0 Å². The highest BCUT2D eigenvalue weighted by atomic mass is 35.5. The Balaban J connectivity index is 2.24. The molecule has 2 aromatic carbocycles. The van der Waals surface area contributed by atoms with Gasteiger partial charge in [-0.2, -0.15) is 0 Å². The molecule has 0 aromatic heterocycles. The standard InChI is InChI=1S/C16H18Cl2N2/c1-11(12-3-6-14(17)7-4-12)20(2)15-8-5-13(10-19)16(18)9-15/h3-9,11H,10,19H2,1-2H3. The minimum atomic E-state index is 0.229. The first-order valence-electron chi connectivity index (χ1n) is 6.49. The van der Waals surface area contributed by atoms with Crippen LogP contribution in [-0.4, -0.2) is 7.05 Å². The Labute approximate surface area is 130 Å². The second kappa shape index (κ2) is 6.49. The molecular weight excluding hydrogens is 291 g/mol. The molecule has 20 heavy (non-hydrogen) atoms. The Morgan fingerprint density at radius 3 is 2.30 bits per heavy atom. The van der Waals surface area contributed by atoms with Crippen LogP contribution in [0.3, 0.4) is 0 Å². The van der Waals surface area contributed by atoms with Gasteiger partial charge in [-0.25, -0.2) is 0 Å². The zero-order chi connectivity index (χ0) is 14.7. The van der Waals surface area contributed by atoms with Crippen molar-refractivity contribution in [3.63, 3.8) is 0 Å². The maximum atomic E-state index is 6.22. The summed E-state index contributed by atoms with van der Waals surface area (Å²) in [5.41, 5.74) is 8.86. The molecular formula is C16H18Cl2N2. The molecule has 0 bridgehead atoms. The van der Waals surface area contributed by atoms with Crippen LogP contribution in [0.15, 0.2) is 42.5 Å². The van der Waals surface area contributed by atoms with Gasteiger partial charge in [-0.1, -0.05) is 41.4 Å². The van der Waals surface area contributed by atoms with Crippen LogP contribution in [0.1, 0.15) is 24.1 Å². The Bertz CT molecular complexity index is 582. The van der Waals surface area contributed by atoms with Crippen molar-refractivity contribution in [2.75, 3.05) is 11.9 Å². The predicted molar refractivity (Wildman–Crippen MR) is 87.6 cm³/mol. The summed E-state index contributed by atoms with van der Waals surface area (Å²) in [6, 6.07) is 14.1. The highest BCUT2D eigenvalue weighted by molar-refractivity contribution is 6.31. The van der Waals surface area contributed by atoms with Crippen LogP contribution < -0.4 is 10.6 Å². The zero-order valence-corrected chi connectivity index (χ0v) is 13.1. The van der Waals surface area contributed by atoms with E-state index in [0.717, 1.165) is 16.3 Å². The van der Waals surface area contributed by atoms with Crippen molar-refractivity contribution in [2.45, 2.75) is 19.5 Å². The van der Waals surface area contributed by atoms with E-state index in [-0.39, 0.29) is 6.04 Å². The largest absolute Gasteiger partial charge is 0.368 e. The fraction of sp³-hybridized carbons (Fsp3) is 0.250. The molecule has 0 spiro atoms. The fourth-order valence-corrected chi connectivity index (χ4v) is 2.49. The minimum absolute atomic E-state index is 0.229. The van der Waals surface area contributed by atoms with Gasteiger partial charge in [0.05, 0.1) is 6.04 Å². The van der Waals surface area contributed by atoms with E-state index in [1.54, 1.807) is 0 Å². The second-order valence-electron chi connectivity index (χ2n) is 4.82. The Kier molecular flexibility index (Phi) is 4.92. The lowest BCUT2D eigenvalue weighted by Crippen LogP contribution is -2.21. The summed E-state index contributed by atoms with van der Waals surface area (Å²) in [6.45, 7) is 2.60. The lowest BCUT2D eigenvalue weighted by Gasteiger charge is -2.28. The van der Waals surface area contributed by atoms with Crippen LogP contribution in [0.2, 0.25) is 10.0 Å². The molecule has 0 aliphatic carbocycles. The van der Waals surface area contributed by atoms with E-state index in [0.29, 0.717) is 11.6 Å². The monoisotopic (exact) mass is 308 g/mol. The first-order valence-corrected chi connectivity index (χ1v) is 7.25. The Morgan fingerprint density at radius 1 is 1.10 bits per heavy atom. The molecule has 1 atom stereocenters. The molecule has 0 aliphatic rings. The number of benzene rings is 2. The number of nitrogens with two attached hydrogens (primary N) is 1. The summed E-state index contributed by atoms with van der Waals surface area (Å²) < 4.78 is 0. The van der Waals surface area contributed by atoms with E-state index in [4.69, 9.17) is 28.9 Å². The normalized spacial score (nSPS) is 12.2. The molecule has 106 valence electrons. The number of hydrogen-bond acceptors (Lipinski definition) is 2. The van der Waals surface area contributed by atoms with E-state index in [9.17, 15) is 0 Å². The van der Waals surface area contributed by atoms with Crippen LogP contribution in [0.4, 0.5) is 5.69 Å². The van der Waals surface area contributed by atoms with E-state index in [1.165, 1.54) is 5.56 Å². The first-order chi connectivity index (χ1) is 9.52. The summed E-state index contributed by atoms with van der Waals surface area (Å²) in [7, 11) is 2.05. The average molecular weight is 309 g/mol. The van der Waals surface area contributed by atoms with Crippen LogP contribution >= 0.6 is 23.2 Å². The number of hydrogen-bond donors (Lipinski definition) is 1. The van der Waals surface area contributed by atoms with Crippen molar-refractivity contribution >= 4 is 28.9 Å². The number of nitrogens with zero attached hydrogens (tertiary/aromatic N) is 1. The smallest absolute Gasteiger partial charge is 0.0511 e. The van der Waals surface area contributed by atoms with Crippen molar-refractivity contribution in [1.82, 2.24) is 0 Å². The third-order valence-electron chi connectivity index (χ3n) is 3.60. The number of anilines is 1. The van der Waals surface area contributed by atoms with Crippen molar-refractivity contribution < 1.29 is 0 Å². The molecule has 0 heterocycles. The Morgan fingerprint density at radius 2 is 1.75 bits per heavy atom. The fourth-order valence-electron chi connectivity index (χ4n) is 2.11. The van der Waals surface area contributed by atoms with Gasteiger partial charge >= 0.3 is 0 Å². The molecule has 0 radical (unpaired) electrons. The summed E-state index contributed by atoms with van der Waals surface area (Å²) in [6.07, 6.45) is 0. The zero-order valence-electron chi connectivity index (χ0n) is 11.6. The van der Waals surface area contributed by atoms with Crippen molar-refractivity contribution in [3.8, 4) is 0 Å². The highest BCUT2D eigenvalue weighted by Gasteiger charge is 2.13. The van der Waals surface area contributed by atoms with Gasteiger partial charge in [0.25, 0.3) is 0 Å². The molecule has 0 aliphatic heterocycles. The van der Waals surface area contributed by atoms with Crippen molar-refractivity contribution in [1.29, 1.82) is 0 Å². The third-order valence-corrected chi connectivity index (χ3v) is 4.20. The van der Waals surface area contributed by atoms with Gasteiger partial charge in [-0.05, 0) is 42.3 Å². The lowest BCUT2D eigenvalue weighted by molar-refractivity contribution is 0.739. The first kappa shape index (κ1) is 15.2. The summed E-state index contributed by atoms with van der Waals surface area (Å²) in [5, 5.41) is 1.46. The molecule has 2 N–H and O–H groups in total. The molecule has 2 aromatic rings. The van der Waals surface area contributed by atoms with Gasteiger partial charge < -0.3 is 10.6 Å². The molecule has 0 saturated carbocycles. The summed E-state index contributed by atoms with van der Waals surface area (Å²) in [4.78, 5) is 2.18. The van der Waals surface area contributed by atoms with Gasteiger partial charge in [0.15, 0.2) is 0 Å². The van der Waals surface area contributed by atoms with Crippen molar-refractivity contribution in [3.05, 3.63) is 63.6 Å². The van der Waals surface area contributed by atoms with Gasteiger partial charge in [0, 0.05) is 29.3 Å². The molecule has 4 heteroatoms.